The number of hydrogen-bond donors (Lipinski definition) is 2. The lowest BCUT2D eigenvalue weighted by Crippen LogP contribution is -2.36. The normalized spacial score (nSPS) is 21.0. The van der Waals surface area contributed by atoms with E-state index in [-0.39, 0.29) is 17.9 Å². The van der Waals surface area contributed by atoms with E-state index in [9.17, 15) is 9.90 Å². The Morgan fingerprint density at radius 2 is 2.08 bits per heavy atom. The minimum atomic E-state index is -0.301. The van der Waals surface area contributed by atoms with E-state index in [0.717, 1.165) is 42.8 Å². The second kappa shape index (κ2) is 6.81. The lowest BCUT2D eigenvalue weighted by molar-refractivity contribution is 0.0663. The van der Waals surface area contributed by atoms with Crippen LogP contribution in [0.25, 0.3) is 5.82 Å². The summed E-state index contributed by atoms with van der Waals surface area (Å²) in [7, 11) is 0. The maximum atomic E-state index is 12.6. The Bertz CT molecular complexity index is 732. The predicted octanol–water partition coefficient (Wildman–Crippen LogP) is 2.67. The second-order valence-corrected chi connectivity index (χ2v) is 6.74. The Kier molecular flexibility index (Phi) is 4.76. The van der Waals surface area contributed by atoms with Gasteiger partial charge in [-0.3, -0.25) is 9.36 Å². The van der Waals surface area contributed by atoms with Crippen molar-refractivity contribution in [3.05, 3.63) is 34.8 Å². The Morgan fingerprint density at radius 1 is 1.33 bits per heavy atom. The van der Waals surface area contributed by atoms with Crippen molar-refractivity contribution in [2.45, 2.75) is 52.6 Å². The Hall–Kier alpha value is -2.08. The van der Waals surface area contributed by atoms with Crippen LogP contribution in [0, 0.1) is 26.7 Å². The van der Waals surface area contributed by atoms with E-state index in [4.69, 9.17) is 4.52 Å². The molecule has 6 heteroatoms. The predicted molar refractivity (Wildman–Crippen MR) is 90.3 cm³/mol. The molecule has 2 unspecified atom stereocenters. The molecule has 0 saturated heterocycles. The van der Waals surface area contributed by atoms with Crippen LogP contribution in [0.4, 0.5) is 0 Å². The largest absolute Gasteiger partial charge is 0.393 e. The third-order valence-corrected chi connectivity index (χ3v) is 4.91. The van der Waals surface area contributed by atoms with Gasteiger partial charge in [-0.05, 0) is 39.7 Å². The van der Waals surface area contributed by atoms with Gasteiger partial charge in [0.25, 0.3) is 5.91 Å². The molecule has 2 aromatic heterocycles. The molecule has 2 atom stereocenters. The number of nitrogens with one attached hydrogen (secondary N) is 1. The number of carbonyl (C=O) groups excluding carboxylic acids is 1. The van der Waals surface area contributed by atoms with Gasteiger partial charge in [0.05, 0.1) is 11.7 Å². The van der Waals surface area contributed by atoms with Crippen LogP contribution in [0.1, 0.15) is 53.2 Å². The van der Waals surface area contributed by atoms with Crippen LogP contribution in [-0.2, 0) is 0 Å². The maximum absolute atomic E-state index is 12.6. The molecule has 0 bridgehead atoms. The monoisotopic (exact) mass is 331 g/mol. The summed E-state index contributed by atoms with van der Waals surface area (Å²) in [6.45, 7) is 6.21. The molecule has 1 saturated carbocycles. The van der Waals surface area contributed by atoms with Crippen molar-refractivity contribution < 1.29 is 14.4 Å². The van der Waals surface area contributed by atoms with Crippen LogP contribution in [0.5, 0.6) is 0 Å². The van der Waals surface area contributed by atoms with Crippen molar-refractivity contribution in [3.63, 3.8) is 0 Å². The molecule has 0 aliphatic heterocycles. The minimum Gasteiger partial charge on any atom is -0.393 e. The summed E-state index contributed by atoms with van der Waals surface area (Å²) >= 11 is 0. The first-order valence-electron chi connectivity index (χ1n) is 8.56. The zero-order chi connectivity index (χ0) is 17.3. The SMILES string of the molecule is Cc1cc(-n2c(C)cc(C(=O)NCC3CCCCC3O)c2C)no1. The van der Waals surface area contributed by atoms with E-state index >= 15 is 0 Å². The third kappa shape index (κ3) is 3.24. The average Bonchev–Trinajstić information content (AvgIpc) is 3.09. The summed E-state index contributed by atoms with van der Waals surface area (Å²) in [6, 6.07) is 3.71. The highest BCUT2D eigenvalue weighted by molar-refractivity contribution is 5.95. The van der Waals surface area contributed by atoms with Crippen molar-refractivity contribution in [2.24, 2.45) is 5.92 Å². The fourth-order valence-corrected chi connectivity index (χ4v) is 3.55. The van der Waals surface area contributed by atoms with Crippen molar-refractivity contribution in [1.29, 1.82) is 0 Å². The molecule has 2 N–H and O–H groups in total. The average molecular weight is 331 g/mol. The summed E-state index contributed by atoms with van der Waals surface area (Å²) < 4.78 is 7.06. The fraction of sp³-hybridized carbons (Fsp3) is 0.556. The highest BCUT2D eigenvalue weighted by Gasteiger charge is 2.24. The van der Waals surface area contributed by atoms with Crippen LogP contribution in [-0.4, -0.2) is 33.4 Å². The second-order valence-electron chi connectivity index (χ2n) is 6.74. The zero-order valence-corrected chi connectivity index (χ0v) is 14.5. The molecule has 1 aliphatic carbocycles. The molecule has 2 aromatic rings. The number of nitrogens with zero attached hydrogens (tertiary/aromatic N) is 2. The number of aliphatic hydroxyl groups excluding tert-OH is 1. The van der Waals surface area contributed by atoms with Gasteiger partial charge in [0.2, 0.25) is 0 Å². The minimum absolute atomic E-state index is 0.104. The summed E-state index contributed by atoms with van der Waals surface area (Å²) in [5.74, 6) is 1.47. The van der Waals surface area contributed by atoms with Gasteiger partial charge >= 0.3 is 0 Å². The van der Waals surface area contributed by atoms with E-state index in [0.29, 0.717) is 17.9 Å². The number of hydrogen-bond acceptors (Lipinski definition) is 4. The molecular weight excluding hydrogens is 306 g/mol. The lowest BCUT2D eigenvalue weighted by Gasteiger charge is -2.27. The van der Waals surface area contributed by atoms with Crippen LogP contribution in [0.3, 0.4) is 0 Å². The molecule has 1 fully saturated rings. The van der Waals surface area contributed by atoms with E-state index in [1.54, 1.807) is 0 Å². The smallest absolute Gasteiger partial charge is 0.253 e. The third-order valence-electron chi connectivity index (χ3n) is 4.91. The summed E-state index contributed by atoms with van der Waals surface area (Å²) in [5.41, 5.74) is 2.41. The molecule has 0 aromatic carbocycles. The summed E-state index contributed by atoms with van der Waals surface area (Å²) in [6.07, 6.45) is 3.70. The Labute approximate surface area is 141 Å². The quantitative estimate of drug-likeness (QED) is 0.902. The van der Waals surface area contributed by atoms with Gasteiger partial charge in [-0.2, -0.15) is 0 Å². The number of aromatic nitrogens is 2. The summed E-state index contributed by atoms with van der Waals surface area (Å²) in [4.78, 5) is 12.6. The maximum Gasteiger partial charge on any atom is 0.253 e. The first-order chi connectivity index (χ1) is 11.5. The van der Waals surface area contributed by atoms with Gasteiger partial charge in [0.15, 0.2) is 5.82 Å². The molecule has 0 spiro atoms. The topological polar surface area (TPSA) is 80.3 Å². The van der Waals surface area contributed by atoms with Gasteiger partial charge < -0.3 is 14.9 Å². The highest BCUT2D eigenvalue weighted by Crippen LogP contribution is 2.24. The van der Waals surface area contributed by atoms with Gasteiger partial charge in [0, 0.05) is 29.9 Å². The number of carbonyl (C=O) groups is 1. The van der Waals surface area contributed by atoms with Gasteiger partial charge in [0.1, 0.15) is 5.76 Å². The highest BCUT2D eigenvalue weighted by atomic mass is 16.5. The fourth-order valence-electron chi connectivity index (χ4n) is 3.55. The Morgan fingerprint density at radius 3 is 2.75 bits per heavy atom. The molecule has 1 aliphatic rings. The van der Waals surface area contributed by atoms with Crippen molar-refractivity contribution in [2.75, 3.05) is 6.54 Å². The molecular formula is C18H25N3O3. The van der Waals surface area contributed by atoms with Crippen LogP contribution < -0.4 is 5.32 Å². The van der Waals surface area contributed by atoms with Crippen LogP contribution >= 0.6 is 0 Å². The van der Waals surface area contributed by atoms with Gasteiger partial charge in [-0.1, -0.05) is 18.0 Å². The first-order valence-corrected chi connectivity index (χ1v) is 8.56. The molecule has 2 heterocycles. The molecule has 0 radical (unpaired) electrons. The van der Waals surface area contributed by atoms with E-state index < -0.39 is 0 Å². The summed E-state index contributed by atoms with van der Waals surface area (Å²) in [5, 5.41) is 17.0. The van der Waals surface area contributed by atoms with E-state index in [1.807, 2.05) is 37.5 Å². The Balaban J connectivity index is 1.73. The molecule has 6 nitrogen and oxygen atoms in total. The van der Waals surface area contributed by atoms with Crippen LogP contribution in [0.2, 0.25) is 0 Å². The van der Waals surface area contributed by atoms with Crippen molar-refractivity contribution >= 4 is 5.91 Å². The van der Waals surface area contributed by atoms with Crippen LogP contribution in [0.15, 0.2) is 16.7 Å². The van der Waals surface area contributed by atoms with E-state index in [1.165, 1.54) is 0 Å². The van der Waals surface area contributed by atoms with Gasteiger partial charge in [-0.25, -0.2) is 0 Å². The van der Waals surface area contributed by atoms with Crippen molar-refractivity contribution in [3.8, 4) is 5.82 Å². The molecule has 3 rings (SSSR count). The first kappa shape index (κ1) is 16.8. The van der Waals surface area contributed by atoms with E-state index in [2.05, 4.69) is 10.5 Å². The number of rotatable bonds is 4. The standard InChI is InChI=1S/C18H25N3O3/c1-11-8-15(13(3)21(11)17-9-12(2)24-20-17)18(23)19-10-14-6-4-5-7-16(14)22/h8-9,14,16,22H,4-7,10H2,1-3H3,(H,19,23). The number of aryl methyl sites for hydroxylation is 2. The lowest BCUT2D eigenvalue weighted by atomic mass is 9.86. The number of amides is 1. The zero-order valence-electron chi connectivity index (χ0n) is 14.5. The molecule has 1 amide bonds. The molecule has 24 heavy (non-hydrogen) atoms. The van der Waals surface area contributed by atoms with Gasteiger partial charge in [-0.15, -0.1) is 0 Å². The molecule has 130 valence electrons. The number of aliphatic hydroxyl groups is 1. The van der Waals surface area contributed by atoms with Crippen molar-refractivity contribution in [1.82, 2.24) is 15.0 Å².